The Bertz CT molecular complexity index is 1240. The van der Waals surface area contributed by atoms with Gasteiger partial charge in [-0.2, -0.15) is 18.3 Å². The van der Waals surface area contributed by atoms with Gasteiger partial charge in [-0.1, -0.05) is 59.6 Å². The predicted molar refractivity (Wildman–Crippen MR) is 126 cm³/mol. The van der Waals surface area contributed by atoms with Gasteiger partial charge in [0.1, 0.15) is 11.9 Å². The van der Waals surface area contributed by atoms with Crippen LogP contribution in [-0.4, -0.2) is 22.2 Å². The van der Waals surface area contributed by atoms with Crippen molar-refractivity contribution in [1.82, 2.24) is 15.1 Å². The van der Waals surface area contributed by atoms with Gasteiger partial charge in [-0.05, 0) is 43.0 Å². The second-order valence-corrected chi connectivity index (χ2v) is 8.76. The van der Waals surface area contributed by atoms with Crippen LogP contribution in [0.4, 0.5) is 19.0 Å². The second kappa shape index (κ2) is 9.72. The maximum absolute atomic E-state index is 13.4. The summed E-state index contributed by atoms with van der Waals surface area (Å²) in [7, 11) is 0. The molecule has 1 atom stereocenters. The Morgan fingerprint density at radius 1 is 1.12 bits per heavy atom. The lowest BCUT2D eigenvalue weighted by molar-refractivity contribution is -0.141. The molecular formula is C24H21Cl2F3N4O. The molecule has 0 radical (unpaired) electrons. The summed E-state index contributed by atoms with van der Waals surface area (Å²) in [4.78, 5) is 13.2. The van der Waals surface area contributed by atoms with Crippen LogP contribution < -0.4 is 10.6 Å². The number of aryl methyl sites for hydroxylation is 1. The van der Waals surface area contributed by atoms with Crippen LogP contribution in [0.5, 0.6) is 0 Å². The summed E-state index contributed by atoms with van der Waals surface area (Å²) < 4.78 is 41.3. The molecule has 178 valence electrons. The van der Waals surface area contributed by atoms with Crippen LogP contribution >= 0.6 is 23.2 Å². The molecule has 2 N–H and O–H groups in total. The summed E-state index contributed by atoms with van der Waals surface area (Å²) in [5.41, 5.74) is 1.27. The number of benzene rings is 2. The number of anilines is 1. The first kappa shape index (κ1) is 24.2. The number of aromatic nitrogens is 2. The van der Waals surface area contributed by atoms with E-state index in [4.69, 9.17) is 23.2 Å². The van der Waals surface area contributed by atoms with Gasteiger partial charge in [0.2, 0.25) is 0 Å². The van der Waals surface area contributed by atoms with E-state index in [1.807, 2.05) is 30.3 Å². The van der Waals surface area contributed by atoms with Gasteiger partial charge in [-0.15, -0.1) is 0 Å². The largest absolute Gasteiger partial charge is 0.435 e. The van der Waals surface area contributed by atoms with E-state index in [1.54, 1.807) is 19.1 Å². The van der Waals surface area contributed by atoms with Crippen LogP contribution in [0.2, 0.25) is 10.0 Å². The average Bonchev–Trinajstić information content (AvgIpc) is 3.22. The highest BCUT2D eigenvalue weighted by Crippen LogP contribution is 2.40. The minimum absolute atomic E-state index is 0.126. The van der Waals surface area contributed by atoms with Crippen molar-refractivity contribution in [1.29, 1.82) is 0 Å². The Morgan fingerprint density at radius 2 is 1.85 bits per heavy atom. The zero-order chi connectivity index (χ0) is 24.5. The Balaban J connectivity index is 1.63. The highest BCUT2D eigenvalue weighted by molar-refractivity contribution is 6.42. The summed E-state index contributed by atoms with van der Waals surface area (Å²) in [5, 5.41) is 10.1. The molecule has 0 saturated carbocycles. The Labute approximate surface area is 204 Å². The van der Waals surface area contributed by atoms with Crippen molar-refractivity contribution in [2.45, 2.75) is 32.0 Å². The third-order valence-electron chi connectivity index (χ3n) is 5.54. The molecular weight excluding hydrogens is 488 g/mol. The standard InChI is InChI=1S/C24H21Cl2F3N4O/c1-14-21(23(34)30-11-5-8-15-6-3-2-4-7-15)22(16-9-10-17(25)18(26)12-16)33-20(31-14)13-19(32-33)24(27,28)29/h2-4,6-7,9-10,12-13,22,31H,5,8,11H2,1H3,(H,30,34). The van der Waals surface area contributed by atoms with Crippen molar-refractivity contribution in [3.05, 3.63) is 92.7 Å². The Morgan fingerprint density at radius 3 is 2.53 bits per heavy atom. The number of amides is 1. The number of alkyl halides is 3. The number of hydrogen-bond acceptors (Lipinski definition) is 3. The number of halogens is 5. The lowest BCUT2D eigenvalue weighted by atomic mass is 9.94. The van der Waals surface area contributed by atoms with Gasteiger partial charge in [0.25, 0.3) is 5.91 Å². The summed E-state index contributed by atoms with van der Waals surface area (Å²) in [6.45, 7) is 2.05. The monoisotopic (exact) mass is 508 g/mol. The number of carbonyl (C=O) groups excluding carboxylic acids is 1. The molecule has 0 spiro atoms. The van der Waals surface area contributed by atoms with E-state index in [-0.39, 0.29) is 16.4 Å². The number of carbonyl (C=O) groups is 1. The number of allylic oxidation sites excluding steroid dienone is 1. The molecule has 1 unspecified atom stereocenters. The molecule has 0 fully saturated rings. The first-order valence-corrected chi connectivity index (χ1v) is 11.3. The van der Waals surface area contributed by atoms with Crippen LogP contribution in [0.15, 0.2) is 65.9 Å². The van der Waals surface area contributed by atoms with Crippen LogP contribution in [0, 0.1) is 0 Å². The van der Waals surface area contributed by atoms with Crippen LogP contribution in [0.1, 0.15) is 36.2 Å². The average molecular weight is 509 g/mol. The van der Waals surface area contributed by atoms with Gasteiger partial charge >= 0.3 is 6.18 Å². The number of nitrogens with zero attached hydrogens (tertiary/aromatic N) is 2. The third kappa shape index (κ3) is 5.08. The maximum Gasteiger partial charge on any atom is 0.435 e. The van der Waals surface area contributed by atoms with Gasteiger partial charge in [-0.25, -0.2) is 4.68 Å². The molecule has 0 saturated heterocycles. The van der Waals surface area contributed by atoms with E-state index in [9.17, 15) is 18.0 Å². The number of fused-ring (bicyclic) bond motifs is 1. The van der Waals surface area contributed by atoms with E-state index in [0.717, 1.165) is 22.7 Å². The molecule has 10 heteroatoms. The summed E-state index contributed by atoms with van der Waals surface area (Å²) >= 11 is 12.2. The molecule has 2 heterocycles. The van der Waals surface area contributed by atoms with Crippen molar-refractivity contribution >= 4 is 34.9 Å². The zero-order valence-corrected chi connectivity index (χ0v) is 19.6. The zero-order valence-electron chi connectivity index (χ0n) is 18.1. The number of hydrogen-bond donors (Lipinski definition) is 2. The van der Waals surface area contributed by atoms with Crippen molar-refractivity contribution in [3.63, 3.8) is 0 Å². The SMILES string of the molecule is CC1=C(C(=O)NCCCc2ccccc2)C(c2ccc(Cl)c(Cl)c2)n2nc(C(F)(F)F)cc2N1. The van der Waals surface area contributed by atoms with Crippen molar-refractivity contribution in [2.24, 2.45) is 0 Å². The Hall–Kier alpha value is -2.97. The molecule has 1 aromatic heterocycles. The Kier molecular flexibility index (Phi) is 6.91. The number of nitrogens with one attached hydrogen (secondary N) is 2. The summed E-state index contributed by atoms with van der Waals surface area (Å²) in [6.07, 6.45) is -3.15. The predicted octanol–water partition coefficient (Wildman–Crippen LogP) is 6.25. The lowest BCUT2D eigenvalue weighted by Gasteiger charge is -2.30. The highest BCUT2D eigenvalue weighted by atomic mass is 35.5. The highest BCUT2D eigenvalue weighted by Gasteiger charge is 2.39. The summed E-state index contributed by atoms with van der Waals surface area (Å²) in [6, 6.07) is 14.6. The molecule has 2 aromatic carbocycles. The van der Waals surface area contributed by atoms with E-state index < -0.39 is 23.8 Å². The molecule has 3 aromatic rings. The maximum atomic E-state index is 13.4. The fraction of sp³-hybridized carbons (Fsp3) is 0.250. The normalized spacial score (nSPS) is 15.6. The van der Waals surface area contributed by atoms with Crippen LogP contribution in [-0.2, 0) is 17.4 Å². The topological polar surface area (TPSA) is 59.0 Å². The van der Waals surface area contributed by atoms with E-state index in [0.29, 0.717) is 29.2 Å². The fourth-order valence-corrected chi connectivity index (χ4v) is 4.24. The molecule has 0 aliphatic carbocycles. The van der Waals surface area contributed by atoms with Crippen molar-refractivity contribution < 1.29 is 18.0 Å². The molecule has 1 aliphatic rings. The minimum Gasteiger partial charge on any atom is -0.352 e. The quantitative estimate of drug-likeness (QED) is 0.387. The van der Waals surface area contributed by atoms with Crippen LogP contribution in [0.25, 0.3) is 0 Å². The van der Waals surface area contributed by atoms with E-state index in [1.165, 1.54) is 6.07 Å². The molecule has 5 nitrogen and oxygen atoms in total. The van der Waals surface area contributed by atoms with Crippen LogP contribution in [0.3, 0.4) is 0 Å². The molecule has 1 aliphatic heterocycles. The minimum atomic E-state index is -4.64. The summed E-state index contributed by atoms with van der Waals surface area (Å²) in [5.74, 6) is -0.273. The molecule has 1 amide bonds. The van der Waals surface area contributed by atoms with E-state index >= 15 is 0 Å². The van der Waals surface area contributed by atoms with Crippen molar-refractivity contribution in [3.8, 4) is 0 Å². The van der Waals surface area contributed by atoms with Gasteiger partial charge in [0.15, 0.2) is 5.69 Å². The van der Waals surface area contributed by atoms with Gasteiger partial charge < -0.3 is 10.6 Å². The third-order valence-corrected chi connectivity index (χ3v) is 6.28. The molecule has 0 bridgehead atoms. The van der Waals surface area contributed by atoms with Gasteiger partial charge in [0.05, 0.1) is 15.6 Å². The van der Waals surface area contributed by atoms with Gasteiger partial charge in [-0.3, -0.25) is 4.79 Å². The lowest BCUT2D eigenvalue weighted by Crippen LogP contribution is -2.35. The number of rotatable bonds is 6. The first-order valence-electron chi connectivity index (χ1n) is 10.6. The van der Waals surface area contributed by atoms with Crippen molar-refractivity contribution in [2.75, 3.05) is 11.9 Å². The van der Waals surface area contributed by atoms with E-state index in [2.05, 4.69) is 15.7 Å². The first-order chi connectivity index (χ1) is 16.1. The molecule has 4 rings (SSSR count). The van der Waals surface area contributed by atoms with Gasteiger partial charge in [0, 0.05) is 18.3 Å². The second-order valence-electron chi connectivity index (χ2n) is 7.94. The smallest absolute Gasteiger partial charge is 0.352 e. The molecule has 34 heavy (non-hydrogen) atoms. The fourth-order valence-electron chi connectivity index (χ4n) is 3.93.